The van der Waals surface area contributed by atoms with Crippen LogP contribution < -0.4 is 4.74 Å². The Balaban J connectivity index is 1.51. The number of nitrogens with zero attached hydrogens (tertiary/aromatic N) is 4. The first-order valence-electron chi connectivity index (χ1n) is 9.48. The fourth-order valence-electron chi connectivity index (χ4n) is 4.07. The molecule has 26 heavy (non-hydrogen) atoms. The minimum atomic E-state index is 0.554. The zero-order chi connectivity index (χ0) is 17.9. The van der Waals surface area contributed by atoms with Crippen molar-refractivity contribution in [2.24, 2.45) is 0 Å². The van der Waals surface area contributed by atoms with Crippen molar-refractivity contribution in [2.45, 2.75) is 57.5 Å². The molecule has 0 N–H and O–H groups in total. The molecule has 5 nitrogen and oxygen atoms in total. The number of methoxy groups -OCH3 is 1. The number of halogens is 1. The SMILES string of the molecule is COc1ncc(Br)cc1CN1CCc2cnc(C3CCCCC3)nc2C1. The van der Waals surface area contributed by atoms with Gasteiger partial charge in [-0.15, -0.1) is 0 Å². The van der Waals surface area contributed by atoms with Crippen LogP contribution in [0.15, 0.2) is 22.9 Å². The molecule has 1 aliphatic heterocycles. The van der Waals surface area contributed by atoms with Crippen LogP contribution in [0.4, 0.5) is 0 Å². The molecule has 1 fully saturated rings. The lowest BCUT2D eigenvalue weighted by atomic mass is 9.88. The first kappa shape index (κ1) is 17.9. The Kier molecular flexibility index (Phi) is 5.50. The second kappa shape index (κ2) is 8.01. The number of hydrogen-bond acceptors (Lipinski definition) is 5. The average Bonchev–Trinajstić information content (AvgIpc) is 2.68. The van der Waals surface area contributed by atoms with E-state index in [0.29, 0.717) is 11.8 Å². The van der Waals surface area contributed by atoms with Gasteiger partial charge in [0.25, 0.3) is 0 Å². The number of aromatic nitrogens is 3. The Morgan fingerprint density at radius 2 is 2.04 bits per heavy atom. The average molecular weight is 417 g/mol. The van der Waals surface area contributed by atoms with Gasteiger partial charge in [-0.25, -0.2) is 15.0 Å². The van der Waals surface area contributed by atoms with Gasteiger partial charge in [-0.05, 0) is 46.8 Å². The maximum absolute atomic E-state index is 5.43. The summed E-state index contributed by atoms with van der Waals surface area (Å²) in [7, 11) is 1.68. The predicted octanol–water partition coefficient (Wildman–Crippen LogP) is 4.25. The molecule has 0 atom stereocenters. The van der Waals surface area contributed by atoms with Crippen LogP contribution in [0.3, 0.4) is 0 Å². The Bertz CT molecular complexity index is 776. The third-order valence-electron chi connectivity index (χ3n) is 5.49. The van der Waals surface area contributed by atoms with Crippen LogP contribution in [-0.4, -0.2) is 33.5 Å². The molecule has 0 saturated heterocycles. The minimum Gasteiger partial charge on any atom is -0.481 e. The van der Waals surface area contributed by atoms with E-state index in [4.69, 9.17) is 14.7 Å². The van der Waals surface area contributed by atoms with Crippen molar-refractivity contribution in [3.63, 3.8) is 0 Å². The van der Waals surface area contributed by atoms with Gasteiger partial charge < -0.3 is 4.74 Å². The molecule has 0 spiro atoms. The molecule has 0 amide bonds. The van der Waals surface area contributed by atoms with Crippen LogP contribution in [0.1, 0.15) is 60.7 Å². The van der Waals surface area contributed by atoms with E-state index < -0.39 is 0 Å². The summed E-state index contributed by atoms with van der Waals surface area (Å²) in [5.41, 5.74) is 3.61. The molecule has 2 aliphatic rings. The molecule has 1 saturated carbocycles. The normalized spacial score (nSPS) is 18.5. The second-order valence-electron chi connectivity index (χ2n) is 7.32. The van der Waals surface area contributed by atoms with Crippen LogP contribution in [-0.2, 0) is 19.5 Å². The number of ether oxygens (including phenoxy) is 1. The maximum atomic E-state index is 5.43. The molecule has 138 valence electrons. The van der Waals surface area contributed by atoms with E-state index in [1.54, 1.807) is 13.3 Å². The van der Waals surface area contributed by atoms with Gasteiger partial charge in [-0.3, -0.25) is 4.90 Å². The van der Waals surface area contributed by atoms with Crippen LogP contribution in [0.2, 0.25) is 0 Å². The lowest BCUT2D eigenvalue weighted by Gasteiger charge is -2.29. The third kappa shape index (κ3) is 3.91. The van der Waals surface area contributed by atoms with Gasteiger partial charge in [0, 0.05) is 48.0 Å². The van der Waals surface area contributed by atoms with E-state index >= 15 is 0 Å². The summed E-state index contributed by atoms with van der Waals surface area (Å²) in [6.07, 6.45) is 11.3. The van der Waals surface area contributed by atoms with Crippen LogP contribution in [0.25, 0.3) is 0 Å². The van der Waals surface area contributed by atoms with Gasteiger partial charge in [0.15, 0.2) is 0 Å². The Labute approximate surface area is 163 Å². The Morgan fingerprint density at radius 1 is 1.19 bits per heavy atom. The predicted molar refractivity (Wildman–Crippen MR) is 104 cm³/mol. The minimum absolute atomic E-state index is 0.554. The summed E-state index contributed by atoms with van der Waals surface area (Å²) in [4.78, 5) is 16.5. The molecule has 0 aromatic carbocycles. The Hall–Kier alpha value is -1.53. The van der Waals surface area contributed by atoms with Gasteiger partial charge in [0.2, 0.25) is 5.88 Å². The van der Waals surface area contributed by atoms with Gasteiger partial charge in [-0.2, -0.15) is 0 Å². The molecule has 0 bridgehead atoms. The quantitative estimate of drug-likeness (QED) is 0.745. The molecule has 2 aromatic rings. The summed E-state index contributed by atoms with van der Waals surface area (Å²) >= 11 is 3.51. The van der Waals surface area contributed by atoms with Crippen LogP contribution >= 0.6 is 15.9 Å². The summed E-state index contributed by atoms with van der Waals surface area (Å²) in [6.45, 7) is 2.69. The Morgan fingerprint density at radius 3 is 2.85 bits per heavy atom. The number of hydrogen-bond donors (Lipinski definition) is 0. The lowest BCUT2D eigenvalue weighted by molar-refractivity contribution is 0.235. The van der Waals surface area contributed by atoms with Crippen molar-refractivity contribution in [3.05, 3.63) is 45.6 Å². The van der Waals surface area contributed by atoms with E-state index in [9.17, 15) is 0 Å². The maximum Gasteiger partial charge on any atom is 0.217 e. The molecule has 3 heterocycles. The highest BCUT2D eigenvalue weighted by molar-refractivity contribution is 9.10. The van der Waals surface area contributed by atoms with Gasteiger partial charge in [0.1, 0.15) is 5.82 Å². The van der Waals surface area contributed by atoms with Crippen molar-refractivity contribution in [2.75, 3.05) is 13.7 Å². The van der Waals surface area contributed by atoms with Crippen molar-refractivity contribution >= 4 is 15.9 Å². The van der Waals surface area contributed by atoms with E-state index in [1.165, 1.54) is 43.4 Å². The van der Waals surface area contributed by atoms with Crippen LogP contribution in [0, 0.1) is 0 Å². The fourth-order valence-corrected chi connectivity index (χ4v) is 4.45. The molecule has 6 heteroatoms. The largest absolute Gasteiger partial charge is 0.481 e. The fraction of sp³-hybridized carbons (Fsp3) is 0.550. The summed E-state index contributed by atoms with van der Waals surface area (Å²) in [5, 5.41) is 0. The summed E-state index contributed by atoms with van der Waals surface area (Å²) < 4.78 is 6.40. The number of fused-ring (bicyclic) bond motifs is 1. The molecule has 0 unspecified atom stereocenters. The van der Waals surface area contributed by atoms with Crippen molar-refractivity contribution in [3.8, 4) is 5.88 Å². The topological polar surface area (TPSA) is 51.1 Å². The van der Waals surface area contributed by atoms with E-state index in [1.807, 2.05) is 0 Å². The van der Waals surface area contributed by atoms with Crippen molar-refractivity contribution < 1.29 is 4.74 Å². The van der Waals surface area contributed by atoms with E-state index in [-0.39, 0.29) is 0 Å². The first-order valence-corrected chi connectivity index (χ1v) is 10.3. The highest BCUT2D eigenvalue weighted by Gasteiger charge is 2.23. The monoisotopic (exact) mass is 416 g/mol. The summed E-state index contributed by atoms with van der Waals surface area (Å²) in [6, 6.07) is 2.09. The van der Waals surface area contributed by atoms with Crippen LogP contribution in [0.5, 0.6) is 5.88 Å². The lowest BCUT2D eigenvalue weighted by Crippen LogP contribution is -2.31. The molecule has 2 aromatic heterocycles. The number of pyridine rings is 1. The molecule has 0 radical (unpaired) electrons. The smallest absolute Gasteiger partial charge is 0.217 e. The first-order chi connectivity index (χ1) is 12.7. The molecule has 4 rings (SSSR count). The van der Waals surface area contributed by atoms with Gasteiger partial charge in [-0.1, -0.05) is 19.3 Å². The van der Waals surface area contributed by atoms with Crippen molar-refractivity contribution in [1.82, 2.24) is 19.9 Å². The van der Waals surface area contributed by atoms with Crippen molar-refractivity contribution in [1.29, 1.82) is 0 Å². The molecule has 1 aliphatic carbocycles. The molecular weight excluding hydrogens is 392 g/mol. The highest BCUT2D eigenvalue weighted by atomic mass is 79.9. The van der Waals surface area contributed by atoms with E-state index in [2.05, 4.69) is 38.1 Å². The highest BCUT2D eigenvalue weighted by Crippen LogP contribution is 2.31. The molecular formula is C20H25BrN4O. The second-order valence-corrected chi connectivity index (χ2v) is 8.23. The number of rotatable bonds is 4. The zero-order valence-corrected chi connectivity index (χ0v) is 16.8. The third-order valence-corrected chi connectivity index (χ3v) is 5.93. The van der Waals surface area contributed by atoms with Gasteiger partial charge >= 0.3 is 0 Å². The van der Waals surface area contributed by atoms with E-state index in [0.717, 1.165) is 41.9 Å². The van der Waals surface area contributed by atoms with Gasteiger partial charge in [0.05, 0.1) is 12.8 Å². The zero-order valence-electron chi connectivity index (χ0n) is 15.2. The standard InChI is InChI=1S/C20H25BrN4O/c1-26-20-16(9-17(21)11-23-20)12-25-8-7-15-10-22-19(24-18(15)13-25)14-5-3-2-4-6-14/h9-11,14H,2-8,12-13H2,1H3. The summed E-state index contributed by atoms with van der Waals surface area (Å²) in [5.74, 6) is 2.32.